The van der Waals surface area contributed by atoms with Gasteiger partial charge < -0.3 is 21.3 Å². The van der Waals surface area contributed by atoms with Gasteiger partial charge in [-0.1, -0.05) is 12.1 Å². The Morgan fingerprint density at radius 2 is 1.33 bits per heavy atom. The number of carbonyl (C=O) groups is 1. The number of phenolic OH excluding ortho intramolecular Hbond substituents is 2. The van der Waals surface area contributed by atoms with Crippen molar-refractivity contribution in [1.29, 1.82) is 0 Å². The number of nitrogens with two attached hydrogens (primary N) is 1. The maximum absolute atomic E-state index is 13.9. The van der Waals surface area contributed by atoms with E-state index in [9.17, 15) is 41.4 Å². The third-order valence-electron chi connectivity index (χ3n) is 3.95. The number of alkyl halides is 6. The van der Waals surface area contributed by atoms with Gasteiger partial charge in [-0.2, -0.15) is 26.3 Å². The third-order valence-corrected chi connectivity index (χ3v) is 3.95. The predicted octanol–water partition coefficient (Wildman–Crippen LogP) is 3.66. The number of hydrogen-bond acceptors (Lipinski definition) is 4. The number of nitrogen functional groups attached to an aromatic ring is 1. The molecular weight excluding hydrogens is 382 g/mol. The maximum atomic E-state index is 13.9. The second kappa shape index (κ2) is 6.56. The number of amides is 1. The Bertz CT molecular complexity index is 850. The molecule has 0 bridgehead atoms. The van der Waals surface area contributed by atoms with Crippen LogP contribution in [0.15, 0.2) is 36.4 Å². The van der Waals surface area contributed by atoms with Crippen molar-refractivity contribution < 1.29 is 41.4 Å². The van der Waals surface area contributed by atoms with Gasteiger partial charge in [0, 0.05) is 0 Å². The van der Waals surface area contributed by atoms with Crippen LogP contribution in [0, 0.1) is 0 Å². The van der Waals surface area contributed by atoms with Crippen molar-refractivity contribution in [3.8, 4) is 11.5 Å². The average molecular weight is 394 g/mol. The lowest BCUT2D eigenvalue weighted by Gasteiger charge is -2.38. The standard InChI is InChI=1S/C16H12F6N2O3/c17-15(18,19)14(16(20,21)22,8-1-3-12(26)10(23)5-8)9-2-4-13(27)11(6-9)24-7-25/h1-7,26-27H,23H2,(H,24,25). The second-order valence-electron chi connectivity index (χ2n) is 5.51. The molecule has 1 amide bonds. The molecule has 5 N–H and O–H groups in total. The third kappa shape index (κ3) is 3.20. The fourth-order valence-electron chi connectivity index (χ4n) is 2.72. The van der Waals surface area contributed by atoms with Crippen molar-refractivity contribution in [3.05, 3.63) is 47.5 Å². The van der Waals surface area contributed by atoms with Crippen LogP contribution in [0.2, 0.25) is 0 Å². The van der Waals surface area contributed by atoms with Crippen LogP contribution in [0.25, 0.3) is 0 Å². The first-order valence-corrected chi connectivity index (χ1v) is 7.12. The highest BCUT2D eigenvalue weighted by atomic mass is 19.4. The van der Waals surface area contributed by atoms with E-state index in [1.54, 1.807) is 0 Å². The Morgan fingerprint density at radius 1 is 0.852 bits per heavy atom. The summed E-state index contributed by atoms with van der Waals surface area (Å²) in [5.41, 5.74) is -3.17. The van der Waals surface area contributed by atoms with E-state index in [2.05, 4.69) is 0 Å². The summed E-state index contributed by atoms with van der Waals surface area (Å²) in [5, 5.41) is 20.8. The summed E-state index contributed by atoms with van der Waals surface area (Å²) in [6.45, 7) is 0. The Labute approximate surface area is 148 Å². The number of benzene rings is 2. The van der Waals surface area contributed by atoms with Crippen LogP contribution in [0.4, 0.5) is 37.7 Å². The Kier molecular flexibility index (Phi) is 4.91. The molecule has 0 saturated heterocycles. The Morgan fingerprint density at radius 3 is 1.78 bits per heavy atom. The first-order valence-electron chi connectivity index (χ1n) is 7.12. The van der Waals surface area contributed by atoms with Crippen LogP contribution in [0.5, 0.6) is 11.5 Å². The van der Waals surface area contributed by atoms with E-state index in [0.717, 1.165) is 0 Å². The minimum Gasteiger partial charge on any atom is -0.506 e. The summed E-state index contributed by atoms with van der Waals surface area (Å²) in [4.78, 5) is 10.5. The number of rotatable bonds is 4. The van der Waals surface area contributed by atoms with E-state index in [1.807, 2.05) is 5.32 Å². The second-order valence-corrected chi connectivity index (χ2v) is 5.51. The first kappa shape index (κ1) is 20.2. The molecule has 0 aromatic heterocycles. The quantitative estimate of drug-likeness (QED) is 0.276. The fourth-order valence-corrected chi connectivity index (χ4v) is 2.72. The zero-order chi connectivity index (χ0) is 20.6. The molecule has 0 aliphatic rings. The summed E-state index contributed by atoms with van der Waals surface area (Å²) in [6, 6.07) is 2.84. The van der Waals surface area contributed by atoms with Crippen LogP contribution < -0.4 is 11.1 Å². The molecule has 5 nitrogen and oxygen atoms in total. The van der Waals surface area contributed by atoms with Crippen LogP contribution in [-0.2, 0) is 10.2 Å². The zero-order valence-electron chi connectivity index (χ0n) is 13.2. The molecule has 0 aliphatic carbocycles. The smallest absolute Gasteiger partial charge is 0.411 e. The molecule has 0 aliphatic heterocycles. The van der Waals surface area contributed by atoms with Gasteiger partial charge in [0.05, 0.1) is 11.4 Å². The van der Waals surface area contributed by atoms with Gasteiger partial charge in [-0.3, -0.25) is 4.79 Å². The number of halogens is 6. The summed E-state index contributed by atoms with van der Waals surface area (Å²) >= 11 is 0. The van der Waals surface area contributed by atoms with Gasteiger partial charge in [-0.05, 0) is 35.4 Å². The molecular formula is C16H12F6N2O3. The van der Waals surface area contributed by atoms with Gasteiger partial charge in [0.25, 0.3) is 0 Å². The topological polar surface area (TPSA) is 95.6 Å². The summed E-state index contributed by atoms with van der Waals surface area (Å²) in [5.74, 6) is -1.42. The minimum absolute atomic E-state index is 0.0137. The Balaban J connectivity index is 2.95. The highest BCUT2D eigenvalue weighted by Crippen LogP contribution is 2.57. The van der Waals surface area contributed by atoms with Crippen molar-refractivity contribution in [3.63, 3.8) is 0 Å². The van der Waals surface area contributed by atoms with Gasteiger partial charge in [-0.15, -0.1) is 0 Å². The number of hydrogen-bond donors (Lipinski definition) is 4. The van der Waals surface area contributed by atoms with Crippen LogP contribution in [0.3, 0.4) is 0 Å². The van der Waals surface area contributed by atoms with Crippen molar-refractivity contribution in [1.82, 2.24) is 0 Å². The molecule has 0 spiro atoms. The largest absolute Gasteiger partial charge is 0.506 e. The van der Waals surface area contributed by atoms with E-state index >= 15 is 0 Å². The molecule has 0 saturated carbocycles. The van der Waals surface area contributed by atoms with Crippen molar-refractivity contribution >= 4 is 17.8 Å². The van der Waals surface area contributed by atoms with Gasteiger partial charge in [-0.25, -0.2) is 0 Å². The summed E-state index contributed by atoms with van der Waals surface area (Å²) < 4.78 is 83.5. The molecule has 27 heavy (non-hydrogen) atoms. The zero-order valence-corrected chi connectivity index (χ0v) is 13.2. The van der Waals surface area contributed by atoms with Crippen LogP contribution in [0.1, 0.15) is 11.1 Å². The maximum Gasteiger partial charge on any atom is 0.411 e. The first-order chi connectivity index (χ1) is 12.4. The van der Waals surface area contributed by atoms with Gasteiger partial charge in [0.2, 0.25) is 11.8 Å². The van der Waals surface area contributed by atoms with Crippen LogP contribution in [-0.4, -0.2) is 29.0 Å². The predicted molar refractivity (Wildman–Crippen MR) is 83.2 cm³/mol. The van der Waals surface area contributed by atoms with Gasteiger partial charge in [0.15, 0.2) is 0 Å². The van der Waals surface area contributed by atoms with E-state index in [0.29, 0.717) is 36.4 Å². The molecule has 2 rings (SSSR count). The molecule has 0 unspecified atom stereocenters. The molecule has 11 heteroatoms. The van der Waals surface area contributed by atoms with E-state index in [1.165, 1.54) is 0 Å². The van der Waals surface area contributed by atoms with E-state index in [4.69, 9.17) is 5.73 Å². The SMILES string of the molecule is Nc1cc(C(c2ccc(O)c(NC=O)c2)(C(F)(F)F)C(F)(F)F)ccc1O. The van der Waals surface area contributed by atoms with E-state index in [-0.39, 0.29) is 6.41 Å². The van der Waals surface area contributed by atoms with Crippen molar-refractivity contribution in [2.24, 2.45) is 0 Å². The number of phenols is 2. The van der Waals surface area contributed by atoms with Gasteiger partial charge in [0.1, 0.15) is 11.5 Å². The molecule has 0 heterocycles. The van der Waals surface area contributed by atoms with Crippen molar-refractivity contribution in [2.75, 3.05) is 11.1 Å². The number of nitrogens with one attached hydrogen (secondary N) is 1. The number of aromatic hydroxyl groups is 2. The lowest BCUT2D eigenvalue weighted by molar-refractivity contribution is -0.288. The molecule has 0 atom stereocenters. The fraction of sp³-hybridized carbons (Fsp3) is 0.188. The average Bonchev–Trinajstić information content (AvgIpc) is 2.52. The van der Waals surface area contributed by atoms with Gasteiger partial charge >= 0.3 is 12.4 Å². The molecule has 2 aromatic carbocycles. The van der Waals surface area contributed by atoms with Crippen molar-refractivity contribution in [2.45, 2.75) is 17.8 Å². The summed E-state index contributed by atoms with van der Waals surface area (Å²) in [6.07, 6.45) is -11.8. The lowest BCUT2D eigenvalue weighted by Crippen LogP contribution is -2.54. The molecule has 146 valence electrons. The normalized spacial score (nSPS) is 12.7. The summed E-state index contributed by atoms with van der Waals surface area (Å²) in [7, 11) is 0. The monoisotopic (exact) mass is 394 g/mol. The minimum atomic E-state index is -5.88. The van der Waals surface area contributed by atoms with Crippen LogP contribution >= 0.6 is 0 Å². The highest BCUT2D eigenvalue weighted by Gasteiger charge is 2.72. The molecule has 0 radical (unpaired) electrons. The number of anilines is 2. The highest BCUT2D eigenvalue weighted by molar-refractivity contribution is 5.76. The Hall–Kier alpha value is -3.11. The molecule has 0 fully saturated rings. The lowest BCUT2D eigenvalue weighted by atomic mass is 9.72. The van der Waals surface area contributed by atoms with E-state index < -0.39 is 51.8 Å². The molecule has 2 aromatic rings. The number of carbonyl (C=O) groups excluding carboxylic acids is 1.